The molecule has 5 heteroatoms. The van der Waals surface area contributed by atoms with Crippen molar-refractivity contribution in [1.29, 1.82) is 0 Å². The highest BCUT2D eigenvalue weighted by Crippen LogP contribution is 2.40. The van der Waals surface area contributed by atoms with Crippen LogP contribution >= 0.6 is 0 Å². The topological polar surface area (TPSA) is 67.8 Å². The third kappa shape index (κ3) is 3.46. The van der Waals surface area contributed by atoms with Crippen molar-refractivity contribution in [2.45, 2.75) is 26.1 Å². The zero-order valence-electron chi connectivity index (χ0n) is 12.9. The number of aliphatic hydroxyl groups is 1. The van der Waals surface area contributed by atoms with E-state index in [0.717, 1.165) is 5.56 Å². The van der Waals surface area contributed by atoms with Gasteiger partial charge in [-0.05, 0) is 18.1 Å². The summed E-state index contributed by atoms with van der Waals surface area (Å²) in [5.41, 5.74) is 2.21. The Morgan fingerprint density at radius 2 is 2.09 bits per heavy atom. The molecule has 0 spiro atoms. The number of anilines is 1. The number of amides is 1. The summed E-state index contributed by atoms with van der Waals surface area (Å²) in [4.78, 5) is 11.5. The van der Waals surface area contributed by atoms with Crippen LogP contribution in [0.2, 0.25) is 0 Å². The monoisotopic (exact) mass is 313 g/mol. The second kappa shape index (κ2) is 6.71. The first-order valence-electron chi connectivity index (χ1n) is 7.62. The Balaban J connectivity index is 1.88. The van der Waals surface area contributed by atoms with E-state index >= 15 is 0 Å². The van der Waals surface area contributed by atoms with E-state index < -0.39 is 6.10 Å². The molecule has 1 heterocycles. The van der Waals surface area contributed by atoms with E-state index in [0.29, 0.717) is 35.8 Å². The lowest BCUT2D eigenvalue weighted by molar-refractivity contribution is -0.118. The largest absolute Gasteiger partial charge is 0.489 e. The summed E-state index contributed by atoms with van der Waals surface area (Å²) >= 11 is 0. The van der Waals surface area contributed by atoms with Crippen LogP contribution in [0.1, 0.15) is 30.6 Å². The molecule has 1 unspecified atom stereocenters. The fourth-order valence-electron chi connectivity index (χ4n) is 2.49. The molecule has 120 valence electrons. The van der Waals surface area contributed by atoms with Gasteiger partial charge in [0, 0.05) is 11.6 Å². The lowest BCUT2D eigenvalue weighted by atomic mass is 10.0. The first-order chi connectivity index (χ1) is 11.2. The molecule has 1 aliphatic rings. The lowest BCUT2D eigenvalue weighted by Crippen LogP contribution is -2.26. The van der Waals surface area contributed by atoms with Crippen LogP contribution in [0.15, 0.2) is 42.5 Å². The van der Waals surface area contributed by atoms with Gasteiger partial charge in [0.15, 0.2) is 6.61 Å². The molecule has 0 aromatic heterocycles. The van der Waals surface area contributed by atoms with Crippen molar-refractivity contribution in [3.63, 3.8) is 0 Å². The number of ether oxygens (including phenoxy) is 2. The van der Waals surface area contributed by atoms with Crippen LogP contribution in [0.25, 0.3) is 0 Å². The summed E-state index contributed by atoms with van der Waals surface area (Å²) in [7, 11) is 0. The molecule has 1 atom stereocenters. The van der Waals surface area contributed by atoms with Crippen molar-refractivity contribution >= 4 is 11.6 Å². The predicted molar refractivity (Wildman–Crippen MR) is 86.6 cm³/mol. The Bertz CT molecular complexity index is 700. The van der Waals surface area contributed by atoms with E-state index in [1.807, 2.05) is 37.3 Å². The minimum Gasteiger partial charge on any atom is -0.489 e. The van der Waals surface area contributed by atoms with Gasteiger partial charge in [0.2, 0.25) is 0 Å². The molecule has 1 amide bonds. The van der Waals surface area contributed by atoms with Crippen LogP contribution in [0.3, 0.4) is 0 Å². The molecule has 2 aromatic carbocycles. The fourth-order valence-corrected chi connectivity index (χ4v) is 2.49. The maximum absolute atomic E-state index is 11.5. The summed E-state index contributed by atoms with van der Waals surface area (Å²) in [5.74, 6) is 0.890. The second-order valence-electron chi connectivity index (χ2n) is 5.42. The third-order valence-corrected chi connectivity index (χ3v) is 3.71. The van der Waals surface area contributed by atoms with E-state index in [1.165, 1.54) is 0 Å². The third-order valence-electron chi connectivity index (χ3n) is 3.71. The molecular formula is C18H19NO4. The van der Waals surface area contributed by atoms with E-state index in [9.17, 15) is 9.90 Å². The van der Waals surface area contributed by atoms with Gasteiger partial charge in [-0.1, -0.05) is 37.3 Å². The molecule has 2 aromatic rings. The number of hydrogen-bond acceptors (Lipinski definition) is 4. The highest BCUT2D eigenvalue weighted by Gasteiger charge is 2.23. The number of fused-ring (bicyclic) bond motifs is 1. The first kappa shape index (κ1) is 15.4. The molecule has 0 saturated carbocycles. The van der Waals surface area contributed by atoms with Gasteiger partial charge < -0.3 is 19.9 Å². The number of rotatable bonds is 5. The zero-order chi connectivity index (χ0) is 16.2. The minimum atomic E-state index is -0.668. The molecule has 2 N–H and O–H groups in total. The molecule has 1 aliphatic heterocycles. The average molecular weight is 313 g/mol. The molecule has 5 nitrogen and oxygen atoms in total. The number of aliphatic hydroxyl groups excluding tert-OH is 1. The van der Waals surface area contributed by atoms with Gasteiger partial charge in [-0.3, -0.25) is 4.79 Å². The van der Waals surface area contributed by atoms with Crippen molar-refractivity contribution < 1.29 is 19.4 Å². The van der Waals surface area contributed by atoms with Gasteiger partial charge in [0.25, 0.3) is 5.91 Å². The number of nitrogens with one attached hydrogen (secondary N) is 1. The molecule has 0 saturated heterocycles. The zero-order valence-corrected chi connectivity index (χ0v) is 12.9. The van der Waals surface area contributed by atoms with Crippen LogP contribution in [-0.2, 0) is 11.4 Å². The number of carbonyl (C=O) groups is 1. The van der Waals surface area contributed by atoms with E-state index in [1.54, 1.807) is 12.1 Å². The first-order valence-corrected chi connectivity index (χ1v) is 7.62. The summed E-state index contributed by atoms with van der Waals surface area (Å²) < 4.78 is 11.3. The highest BCUT2D eigenvalue weighted by molar-refractivity contribution is 5.96. The molecular weight excluding hydrogens is 294 g/mol. The Hall–Kier alpha value is -2.53. The second-order valence-corrected chi connectivity index (χ2v) is 5.42. The summed E-state index contributed by atoms with van der Waals surface area (Å²) in [5, 5.41) is 13.0. The van der Waals surface area contributed by atoms with Crippen LogP contribution in [0.5, 0.6) is 11.5 Å². The number of carbonyl (C=O) groups excluding carboxylic acids is 1. The van der Waals surface area contributed by atoms with Crippen molar-refractivity contribution in [3.8, 4) is 11.5 Å². The Kier molecular flexibility index (Phi) is 4.48. The lowest BCUT2D eigenvalue weighted by Gasteiger charge is -2.24. The van der Waals surface area contributed by atoms with Crippen LogP contribution in [-0.4, -0.2) is 17.6 Å². The van der Waals surface area contributed by atoms with Crippen molar-refractivity contribution in [1.82, 2.24) is 0 Å². The predicted octanol–water partition coefficient (Wildman–Crippen LogP) is 3.04. The van der Waals surface area contributed by atoms with Crippen molar-refractivity contribution in [3.05, 3.63) is 53.6 Å². The van der Waals surface area contributed by atoms with E-state index in [4.69, 9.17) is 9.47 Å². The molecule has 0 radical (unpaired) electrons. The van der Waals surface area contributed by atoms with Crippen LogP contribution in [0.4, 0.5) is 5.69 Å². The van der Waals surface area contributed by atoms with Crippen molar-refractivity contribution in [2.75, 3.05) is 11.9 Å². The SMILES string of the molecule is CCC(O)c1cc(OCc2ccccc2)cc2c1OCC(=O)N2. The minimum absolute atomic E-state index is 0.0410. The maximum atomic E-state index is 11.5. The Morgan fingerprint density at radius 3 is 2.83 bits per heavy atom. The Morgan fingerprint density at radius 1 is 1.30 bits per heavy atom. The smallest absolute Gasteiger partial charge is 0.262 e. The summed E-state index contributed by atoms with van der Waals surface area (Å²) in [6.45, 7) is 2.26. The van der Waals surface area contributed by atoms with Crippen molar-refractivity contribution in [2.24, 2.45) is 0 Å². The van der Waals surface area contributed by atoms with Gasteiger partial charge in [-0.25, -0.2) is 0 Å². The van der Waals surface area contributed by atoms with Gasteiger partial charge in [-0.15, -0.1) is 0 Å². The van der Waals surface area contributed by atoms with Gasteiger partial charge in [0.05, 0.1) is 11.8 Å². The summed E-state index contributed by atoms with van der Waals surface area (Å²) in [6, 6.07) is 13.3. The molecule has 0 aliphatic carbocycles. The fraction of sp³-hybridized carbons (Fsp3) is 0.278. The van der Waals surface area contributed by atoms with Crippen LogP contribution < -0.4 is 14.8 Å². The van der Waals surface area contributed by atoms with E-state index in [2.05, 4.69) is 5.32 Å². The maximum Gasteiger partial charge on any atom is 0.262 e. The molecule has 0 bridgehead atoms. The quantitative estimate of drug-likeness (QED) is 0.890. The van der Waals surface area contributed by atoms with Crippen LogP contribution in [0, 0.1) is 0 Å². The molecule has 23 heavy (non-hydrogen) atoms. The summed E-state index contributed by atoms with van der Waals surface area (Å²) in [6.07, 6.45) is -0.120. The highest BCUT2D eigenvalue weighted by atomic mass is 16.5. The molecule has 3 rings (SSSR count). The number of hydrogen-bond donors (Lipinski definition) is 2. The van der Waals surface area contributed by atoms with Gasteiger partial charge in [0.1, 0.15) is 18.1 Å². The Labute approximate surface area is 134 Å². The number of benzene rings is 2. The average Bonchev–Trinajstić information content (AvgIpc) is 2.59. The standard InChI is InChI=1S/C18H19NO4/c1-2-16(20)14-8-13(22-10-12-6-4-3-5-7-12)9-15-18(14)23-11-17(21)19-15/h3-9,16,20H,2,10-11H2,1H3,(H,19,21). The molecule has 0 fully saturated rings. The van der Waals surface area contributed by atoms with E-state index in [-0.39, 0.29) is 12.5 Å². The normalized spacial score (nSPS) is 14.4. The van der Waals surface area contributed by atoms with Gasteiger partial charge >= 0.3 is 0 Å². The van der Waals surface area contributed by atoms with Gasteiger partial charge in [-0.2, -0.15) is 0 Å².